The summed E-state index contributed by atoms with van der Waals surface area (Å²) >= 11 is 0. The first-order valence-electron chi connectivity index (χ1n) is 8.52. The number of amides is 1. The van der Waals surface area contributed by atoms with Crippen molar-refractivity contribution in [1.29, 1.82) is 0 Å². The number of H-pyrrole nitrogens is 1. The van der Waals surface area contributed by atoms with E-state index in [1.54, 1.807) is 19.2 Å². The fraction of sp³-hybridized carbons (Fsp3) is 0.500. The zero-order valence-corrected chi connectivity index (χ0v) is 14.4. The molecule has 3 rings (SSSR count). The fourth-order valence-corrected chi connectivity index (χ4v) is 3.30. The number of carbonyl (C=O) groups is 1. The normalized spacial score (nSPS) is 21.0. The molecule has 130 valence electrons. The van der Waals surface area contributed by atoms with Gasteiger partial charge in [0, 0.05) is 30.7 Å². The third-order valence-electron chi connectivity index (χ3n) is 4.78. The zero-order chi connectivity index (χ0) is 17.3. The van der Waals surface area contributed by atoms with Crippen molar-refractivity contribution in [3.63, 3.8) is 0 Å². The van der Waals surface area contributed by atoms with Crippen molar-refractivity contribution in [1.82, 2.24) is 20.7 Å². The maximum Gasteiger partial charge on any atom is 0.253 e. The summed E-state index contributed by atoms with van der Waals surface area (Å²) in [6, 6.07) is 4.63. The Morgan fingerprint density at radius 3 is 3.04 bits per heavy atom. The molecular weight excluding hydrogens is 307 g/mol. The summed E-state index contributed by atoms with van der Waals surface area (Å²) in [5.74, 6) is 0.751. The van der Waals surface area contributed by atoms with Crippen LogP contribution < -0.4 is 10.7 Å². The van der Waals surface area contributed by atoms with Gasteiger partial charge in [-0.15, -0.1) is 0 Å². The highest BCUT2D eigenvalue weighted by Gasteiger charge is 2.39. The van der Waals surface area contributed by atoms with Crippen LogP contribution in [-0.2, 0) is 4.79 Å². The highest BCUT2D eigenvalue weighted by Crippen LogP contribution is 2.49. The number of hydrogen-bond donors (Lipinski definition) is 3. The molecule has 1 heterocycles. The topological polar surface area (TPSA) is 60.2 Å². The van der Waals surface area contributed by atoms with E-state index in [1.807, 2.05) is 20.0 Å². The van der Waals surface area contributed by atoms with Crippen molar-refractivity contribution >= 4 is 16.8 Å². The van der Waals surface area contributed by atoms with Gasteiger partial charge in [0.2, 0.25) is 0 Å². The molecule has 1 fully saturated rings. The second-order valence-electron chi connectivity index (χ2n) is 6.58. The van der Waals surface area contributed by atoms with Gasteiger partial charge < -0.3 is 10.3 Å². The van der Waals surface area contributed by atoms with Gasteiger partial charge in [-0.3, -0.25) is 9.80 Å². The molecule has 1 aliphatic carbocycles. The Bertz CT molecular complexity index is 729. The van der Waals surface area contributed by atoms with Gasteiger partial charge in [0.25, 0.3) is 5.91 Å². The van der Waals surface area contributed by atoms with Gasteiger partial charge in [-0.2, -0.15) is 0 Å². The Morgan fingerprint density at radius 1 is 1.50 bits per heavy atom. The Hall–Kier alpha value is -1.92. The number of rotatable bonds is 7. The van der Waals surface area contributed by atoms with E-state index in [9.17, 15) is 9.18 Å². The Labute approximate surface area is 141 Å². The Kier molecular flexibility index (Phi) is 4.87. The number of halogens is 1. The highest BCUT2D eigenvalue weighted by atomic mass is 19.1. The minimum absolute atomic E-state index is 0.0308. The third kappa shape index (κ3) is 3.44. The first kappa shape index (κ1) is 16.9. The second kappa shape index (κ2) is 6.91. The molecule has 0 aliphatic heterocycles. The number of benzene rings is 1. The van der Waals surface area contributed by atoms with Crippen molar-refractivity contribution in [2.45, 2.75) is 32.2 Å². The van der Waals surface area contributed by atoms with Crippen LogP contribution in [0.3, 0.4) is 0 Å². The lowest BCUT2D eigenvalue weighted by atomic mass is 10.1. The SMILES string of the molecule is CCNN(C)C(=O)C(C)NCC1CC1c1c[nH]c2ccc(F)cc12. The number of nitrogens with one attached hydrogen (secondary N) is 3. The lowest BCUT2D eigenvalue weighted by Crippen LogP contribution is -2.49. The maximum atomic E-state index is 13.5. The second-order valence-corrected chi connectivity index (χ2v) is 6.58. The van der Waals surface area contributed by atoms with E-state index >= 15 is 0 Å². The van der Waals surface area contributed by atoms with Crippen LogP contribution >= 0.6 is 0 Å². The lowest BCUT2D eigenvalue weighted by molar-refractivity contribution is -0.134. The van der Waals surface area contributed by atoms with Gasteiger partial charge >= 0.3 is 0 Å². The first-order valence-corrected chi connectivity index (χ1v) is 8.52. The minimum Gasteiger partial charge on any atom is -0.361 e. The lowest BCUT2D eigenvalue weighted by Gasteiger charge is -2.22. The Morgan fingerprint density at radius 2 is 2.29 bits per heavy atom. The largest absolute Gasteiger partial charge is 0.361 e. The van der Waals surface area contributed by atoms with Gasteiger partial charge in [-0.05, 0) is 55.5 Å². The quantitative estimate of drug-likeness (QED) is 0.682. The van der Waals surface area contributed by atoms with Crippen molar-refractivity contribution in [3.05, 3.63) is 35.8 Å². The summed E-state index contributed by atoms with van der Waals surface area (Å²) in [5, 5.41) is 5.82. The molecule has 1 aliphatic rings. The van der Waals surface area contributed by atoms with Crippen LogP contribution in [0.1, 0.15) is 31.7 Å². The minimum atomic E-state index is -0.226. The van der Waals surface area contributed by atoms with E-state index in [1.165, 1.54) is 16.6 Å². The first-order chi connectivity index (χ1) is 11.5. The molecule has 0 radical (unpaired) electrons. The molecule has 0 bridgehead atoms. The molecule has 1 amide bonds. The molecule has 1 aromatic heterocycles. The predicted molar refractivity (Wildman–Crippen MR) is 93.0 cm³/mol. The summed E-state index contributed by atoms with van der Waals surface area (Å²) in [6.07, 6.45) is 3.06. The van der Waals surface area contributed by atoms with Crippen molar-refractivity contribution in [2.24, 2.45) is 5.92 Å². The van der Waals surface area contributed by atoms with E-state index in [2.05, 4.69) is 15.7 Å². The van der Waals surface area contributed by atoms with Gasteiger partial charge in [-0.25, -0.2) is 9.82 Å². The number of hydrogen-bond acceptors (Lipinski definition) is 3. The average molecular weight is 332 g/mol. The number of fused-ring (bicyclic) bond motifs is 1. The molecule has 0 saturated heterocycles. The number of carbonyl (C=O) groups excluding carboxylic acids is 1. The molecular formula is C18H25FN4O. The van der Waals surface area contributed by atoms with Crippen LogP contribution in [0, 0.1) is 11.7 Å². The molecule has 5 nitrogen and oxygen atoms in total. The summed E-state index contributed by atoms with van der Waals surface area (Å²) in [5.41, 5.74) is 5.14. The Balaban J connectivity index is 1.56. The monoisotopic (exact) mass is 332 g/mol. The molecule has 0 spiro atoms. The summed E-state index contributed by atoms with van der Waals surface area (Å²) in [6.45, 7) is 5.35. The van der Waals surface area contributed by atoms with Crippen LogP contribution in [0.25, 0.3) is 10.9 Å². The molecule has 1 aromatic carbocycles. The molecule has 3 atom stereocenters. The number of likely N-dealkylation sites (N-methyl/N-ethyl adjacent to an activating group) is 1. The maximum absolute atomic E-state index is 13.5. The van der Waals surface area contributed by atoms with Crippen LogP contribution in [0.2, 0.25) is 0 Å². The number of aromatic nitrogens is 1. The van der Waals surface area contributed by atoms with Crippen LogP contribution in [0.4, 0.5) is 4.39 Å². The molecule has 3 unspecified atom stereocenters. The number of nitrogens with zero attached hydrogens (tertiary/aromatic N) is 1. The summed E-state index contributed by atoms with van der Waals surface area (Å²) in [7, 11) is 1.74. The molecule has 24 heavy (non-hydrogen) atoms. The standard InChI is InChI=1S/C18H25FN4O/c1-4-22-23(3)18(24)11(2)20-9-12-7-14(12)16-10-21-17-6-5-13(19)8-15(16)17/h5-6,8,10-12,14,20-22H,4,7,9H2,1-3H3. The van der Waals surface area contributed by atoms with Crippen LogP contribution in [-0.4, -0.2) is 42.1 Å². The van der Waals surface area contributed by atoms with E-state index in [0.29, 0.717) is 11.8 Å². The van der Waals surface area contributed by atoms with Crippen LogP contribution in [0.5, 0.6) is 0 Å². The predicted octanol–water partition coefficient (Wildman–Crippen LogP) is 2.37. The molecule has 3 N–H and O–H groups in total. The molecule has 2 aromatic rings. The molecule has 6 heteroatoms. The number of hydrazine groups is 1. The van der Waals surface area contributed by atoms with Gasteiger partial charge in [0.1, 0.15) is 5.82 Å². The van der Waals surface area contributed by atoms with Crippen molar-refractivity contribution in [3.8, 4) is 0 Å². The van der Waals surface area contributed by atoms with E-state index in [4.69, 9.17) is 0 Å². The van der Waals surface area contributed by atoms with Crippen molar-refractivity contribution < 1.29 is 9.18 Å². The van der Waals surface area contributed by atoms with E-state index in [-0.39, 0.29) is 17.8 Å². The van der Waals surface area contributed by atoms with Gasteiger partial charge in [0.05, 0.1) is 6.04 Å². The summed E-state index contributed by atoms with van der Waals surface area (Å²) < 4.78 is 13.5. The van der Waals surface area contributed by atoms with Crippen molar-refractivity contribution in [2.75, 3.05) is 20.1 Å². The number of aromatic amines is 1. The summed E-state index contributed by atoms with van der Waals surface area (Å²) in [4.78, 5) is 15.4. The van der Waals surface area contributed by atoms with Gasteiger partial charge in [-0.1, -0.05) is 6.92 Å². The third-order valence-corrected chi connectivity index (χ3v) is 4.78. The van der Waals surface area contributed by atoms with E-state index < -0.39 is 0 Å². The fourth-order valence-electron chi connectivity index (χ4n) is 3.30. The van der Waals surface area contributed by atoms with E-state index in [0.717, 1.165) is 30.4 Å². The molecule has 1 saturated carbocycles. The zero-order valence-electron chi connectivity index (χ0n) is 14.4. The smallest absolute Gasteiger partial charge is 0.253 e. The van der Waals surface area contributed by atoms with Crippen LogP contribution in [0.15, 0.2) is 24.4 Å². The van der Waals surface area contributed by atoms with Gasteiger partial charge in [0.15, 0.2) is 0 Å². The average Bonchev–Trinajstić information content (AvgIpc) is 3.22. The highest BCUT2D eigenvalue weighted by molar-refractivity contribution is 5.84.